The summed E-state index contributed by atoms with van der Waals surface area (Å²) in [5.74, 6) is 1.95. The van der Waals surface area contributed by atoms with Crippen molar-refractivity contribution in [3.63, 3.8) is 0 Å². The highest BCUT2D eigenvalue weighted by Gasteiger charge is 2.38. The second-order valence-electron chi connectivity index (χ2n) is 6.49. The van der Waals surface area contributed by atoms with Gasteiger partial charge in [-0.1, -0.05) is 6.92 Å². The van der Waals surface area contributed by atoms with E-state index in [4.69, 9.17) is 0 Å². The third-order valence-corrected chi connectivity index (χ3v) is 5.42. The van der Waals surface area contributed by atoms with Crippen molar-refractivity contribution in [2.45, 2.75) is 38.6 Å². The van der Waals surface area contributed by atoms with Crippen molar-refractivity contribution >= 4 is 0 Å². The van der Waals surface area contributed by atoms with Gasteiger partial charge in [0.1, 0.15) is 0 Å². The first-order valence-electron chi connectivity index (χ1n) is 8.04. The fraction of sp³-hybridized carbons (Fsp3) is 1.00. The van der Waals surface area contributed by atoms with Crippen LogP contribution >= 0.6 is 0 Å². The van der Waals surface area contributed by atoms with E-state index in [1.54, 1.807) is 0 Å². The van der Waals surface area contributed by atoms with Crippen LogP contribution in [0.3, 0.4) is 0 Å². The minimum atomic E-state index is 0.896. The average molecular weight is 251 g/mol. The van der Waals surface area contributed by atoms with Crippen molar-refractivity contribution in [3.8, 4) is 0 Å². The summed E-state index contributed by atoms with van der Waals surface area (Å²) in [6.07, 6.45) is 5.75. The number of likely N-dealkylation sites (tertiary alicyclic amines) is 1. The SMILES string of the molecule is CCNCC1CCN(C2CN3CCC2CC3)CC1. The molecular formula is C15H29N3. The number of nitrogens with zero attached hydrogens (tertiary/aromatic N) is 2. The fourth-order valence-electron chi connectivity index (χ4n) is 4.18. The number of rotatable bonds is 4. The number of hydrogen-bond acceptors (Lipinski definition) is 3. The molecule has 18 heavy (non-hydrogen) atoms. The lowest BCUT2D eigenvalue weighted by atomic mass is 9.82. The van der Waals surface area contributed by atoms with Crippen molar-refractivity contribution in [2.75, 3.05) is 45.8 Å². The molecule has 0 aromatic heterocycles. The van der Waals surface area contributed by atoms with Gasteiger partial charge in [0.05, 0.1) is 0 Å². The molecule has 4 rings (SSSR count). The Morgan fingerprint density at radius 1 is 1.00 bits per heavy atom. The van der Waals surface area contributed by atoms with Gasteiger partial charge in [0.15, 0.2) is 0 Å². The van der Waals surface area contributed by atoms with Gasteiger partial charge < -0.3 is 10.2 Å². The number of fused-ring (bicyclic) bond motifs is 3. The Balaban J connectivity index is 1.47. The summed E-state index contributed by atoms with van der Waals surface area (Å²) in [5.41, 5.74) is 0. The molecule has 2 bridgehead atoms. The number of piperidine rings is 4. The van der Waals surface area contributed by atoms with Gasteiger partial charge in [0.2, 0.25) is 0 Å². The molecule has 0 aromatic rings. The molecule has 3 nitrogen and oxygen atoms in total. The van der Waals surface area contributed by atoms with Crippen LogP contribution in [0.4, 0.5) is 0 Å². The molecule has 0 aromatic carbocycles. The predicted octanol–water partition coefficient (Wildman–Crippen LogP) is 1.40. The third-order valence-electron chi connectivity index (χ3n) is 5.42. The maximum Gasteiger partial charge on any atom is 0.0252 e. The third kappa shape index (κ3) is 2.73. The summed E-state index contributed by atoms with van der Waals surface area (Å²) in [5, 5.41) is 3.51. The van der Waals surface area contributed by atoms with E-state index < -0.39 is 0 Å². The maximum absolute atomic E-state index is 3.51. The topological polar surface area (TPSA) is 18.5 Å². The van der Waals surface area contributed by atoms with Crippen LogP contribution in [0.25, 0.3) is 0 Å². The highest BCUT2D eigenvalue weighted by molar-refractivity contribution is 4.93. The molecule has 4 aliphatic heterocycles. The maximum atomic E-state index is 3.51. The lowest BCUT2D eigenvalue weighted by molar-refractivity contribution is -0.00862. The Labute approximate surface area is 112 Å². The lowest BCUT2D eigenvalue weighted by Gasteiger charge is -2.50. The van der Waals surface area contributed by atoms with Gasteiger partial charge in [-0.2, -0.15) is 0 Å². The van der Waals surface area contributed by atoms with E-state index in [2.05, 4.69) is 22.0 Å². The molecule has 4 aliphatic rings. The molecule has 1 unspecified atom stereocenters. The molecule has 0 aliphatic carbocycles. The van der Waals surface area contributed by atoms with Crippen LogP contribution in [0.1, 0.15) is 32.6 Å². The van der Waals surface area contributed by atoms with Crippen molar-refractivity contribution in [1.82, 2.24) is 15.1 Å². The first-order chi connectivity index (χ1) is 8.86. The number of nitrogens with one attached hydrogen (secondary N) is 1. The van der Waals surface area contributed by atoms with Gasteiger partial charge in [-0.05, 0) is 76.8 Å². The Morgan fingerprint density at radius 2 is 1.72 bits per heavy atom. The van der Waals surface area contributed by atoms with Crippen molar-refractivity contribution in [3.05, 3.63) is 0 Å². The van der Waals surface area contributed by atoms with E-state index in [1.165, 1.54) is 65.0 Å². The minimum Gasteiger partial charge on any atom is -0.317 e. The molecule has 0 radical (unpaired) electrons. The molecule has 104 valence electrons. The van der Waals surface area contributed by atoms with E-state index in [-0.39, 0.29) is 0 Å². The first kappa shape index (κ1) is 12.9. The normalized spacial score (nSPS) is 38.2. The summed E-state index contributed by atoms with van der Waals surface area (Å²) in [7, 11) is 0. The molecular weight excluding hydrogens is 222 g/mol. The predicted molar refractivity (Wildman–Crippen MR) is 75.8 cm³/mol. The Bertz CT molecular complexity index is 252. The lowest BCUT2D eigenvalue weighted by Crippen LogP contribution is -2.58. The first-order valence-corrected chi connectivity index (χ1v) is 8.04. The van der Waals surface area contributed by atoms with Crippen molar-refractivity contribution in [1.29, 1.82) is 0 Å². The molecule has 0 spiro atoms. The molecule has 4 saturated heterocycles. The summed E-state index contributed by atoms with van der Waals surface area (Å²) < 4.78 is 0. The molecule has 4 heterocycles. The summed E-state index contributed by atoms with van der Waals surface area (Å²) >= 11 is 0. The van der Waals surface area contributed by atoms with Crippen molar-refractivity contribution < 1.29 is 0 Å². The Morgan fingerprint density at radius 3 is 2.28 bits per heavy atom. The van der Waals surface area contributed by atoms with Crippen LogP contribution in [0, 0.1) is 11.8 Å². The van der Waals surface area contributed by atoms with Gasteiger partial charge in [-0.15, -0.1) is 0 Å². The van der Waals surface area contributed by atoms with Crippen molar-refractivity contribution in [2.24, 2.45) is 11.8 Å². The monoisotopic (exact) mass is 251 g/mol. The minimum absolute atomic E-state index is 0.896. The smallest absolute Gasteiger partial charge is 0.0252 e. The van der Waals surface area contributed by atoms with E-state index in [1.807, 2.05) is 0 Å². The number of hydrogen-bond donors (Lipinski definition) is 1. The summed E-state index contributed by atoms with van der Waals surface area (Å²) in [6.45, 7) is 11.4. The van der Waals surface area contributed by atoms with Crippen LogP contribution in [0.15, 0.2) is 0 Å². The van der Waals surface area contributed by atoms with Gasteiger partial charge in [0, 0.05) is 12.6 Å². The average Bonchev–Trinajstić information content (AvgIpc) is 2.47. The standard InChI is InChI=1S/C15H29N3/c1-2-16-11-13-3-9-18(10-4-13)15-12-17-7-5-14(15)6-8-17/h13-16H,2-12H2,1H3. The molecule has 4 fully saturated rings. The Kier molecular flexibility index (Phi) is 4.22. The van der Waals surface area contributed by atoms with Crippen LogP contribution < -0.4 is 5.32 Å². The largest absolute Gasteiger partial charge is 0.317 e. The van der Waals surface area contributed by atoms with E-state index >= 15 is 0 Å². The molecule has 0 saturated carbocycles. The molecule has 0 amide bonds. The second-order valence-corrected chi connectivity index (χ2v) is 6.49. The van der Waals surface area contributed by atoms with Crippen LogP contribution in [0.2, 0.25) is 0 Å². The summed E-state index contributed by atoms with van der Waals surface area (Å²) in [6, 6.07) is 0.896. The van der Waals surface area contributed by atoms with E-state index in [0.29, 0.717) is 0 Å². The van der Waals surface area contributed by atoms with Crippen LogP contribution in [-0.2, 0) is 0 Å². The van der Waals surface area contributed by atoms with Gasteiger partial charge >= 0.3 is 0 Å². The molecule has 1 N–H and O–H groups in total. The fourth-order valence-corrected chi connectivity index (χ4v) is 4.18. The Hall–Kier alpha value is -0.120. The second kappa shape index (κ2) is 5.89. The zero-order valence-electron chi connectivity index (χ0n) is 11.9. The van der Waals surface area contributed by atoms with Gasteiger partial charge in [-0.3, -0.25) is 4.90 Å². The summed E-state index contributed by atoms with van der Waals surface area (Å²) in [4.78, 5) is 5.51. The highest BCUT2D eigenvalue weighted by atomic mass is 15.3. The molecule has 1 atom stereocenters. The van der Waals surface area contributed by atoms with Gasteiger partial charge in [0.25, 0.3) is 0 Å². The van der Waals surface area contributed by atoms with E-state index in [9.17, 15) is 0 Å². The molecule has 3 heteroatoms. The van der Waals surface area contributed by atoms with E-state index in [0.717, 1.165) is 24.4 Å². The van der Waals surface area contributed by atoms with Crippen LogP contribution in [-0.4, -0.2) is 61.7 Å². The highest BCUT2D eigenvalue weighted by Crippen LogP contribution is 2.32. The zero-order chi connectivity index (χ0) is 12.4. The van der Waals surface area contributed by atoms with Gasteiger partial charge in [-0.25, -0.2) is 0 Å². The zero-order valence-corrected chi connectivity index (χ0v) is 11.9. The van der Waals surface area contributed by atoms with Crippen LogP contribution in [0.5, 0.6) is 0 Å². The quantitative estimate of drug-likeness (QED) is 0.815.